The lowest BCUT2D eigenvalue weighted by molar-refractivity contribution is -0.179. The van der Waals surface area contributed by atoms with Crippen LogP contribution in [0.2, 0.25) is 0 Å². The van der Waals surface area contributed by atoms with Gasteiger partial charge in [0.15, 0.2) is 0 Å². The van der Waals surface area contributed by atoms with Crippen molar-refractivity contribution >= 4 is 21.6 Å². The molecule has 26 heavy (non-hydrogen) atoms. The van der Waals surface area contributed by atoms with Crippen LogP contribution in [0.4, 0.5) is 0 Å². The largest absolute Gasteiger partial charge is 0.394 e. The van der Waals surface area contributed by atoms with Crippen molar-refractivity contribution in [3.05, 3.63) is 64.7 Å². The van der Waals surface area contributed by atoms with Gasteiger partial charge >= 0.3 is 0 Å². The summed E-state index contributed by atoms with van der Waals surface area (Å²) in [5.41, 5.74) is 2.87. The van der Waals surface area contributed by atoms with Gasteiger partial charge in [0.25, 0.3) is 0 Å². The summed E-state index contributed by atoms with van der Waals surface area (Å²) in [5.74, 6) is 0. The molecule has 0 amide bonds. The molecule has 1 fully saturated rings. The van der Waals surface area contributed by atoms with Crippen molar-refractivity contribution in [1.82, 2.24) is 4.98 Å². The molecule has 4 atom stereocenters. The van der Waals surface area contributed by atoms with Crippen molar-refractivity contribution < 1.29 is 20.1 Å². The molecule has 1 aromatic heterocycles. The molecule has 2 aromatic carbocycles. The fraction of sp³-hybridized carbons (Fsp3) is 0.350. The third-order valence-electron chi connectivity index (χ3n) is 4.72. The summed E-state index contributed by atoms with van der Waals surface area (Å²) in [6, 6.07) is 15.9. The number of benzene rings is 2. The van der Waals surface area contributed by atoms with E-state index in [1.807, 2.05) is 42.5 Å². The Bertz CT molecular complexity index is 863. The first-order chi connectivity index (χ1) is 12.6. The molecule has 3 aromatic rings. The maximum absolute atomic E-state index is 10.3. The average molecular weight is 371 g/mol. The van der Waals surface area contributed by atoms with Gasteiger partial charge in [-0.15, -0.1) is 11.3 Å². The van der Waals surface area contributed by atoms with Gasteiger partial charge in [0, 0.05) is 12.8 Å². The number of nitrogens with zero attached hydrogens (tertiary/aromatic N) is 1. The quantitative estimate of drug-likeness (QED) is 0.656. The number of hydrogen-bond donors (Lipinski definition) is 3. The fourth-order valence-electron chi connectivity index (χ4n) is 3.40. The van der Waals surface area contributed by atoms with E-state index in [9.17, 15) is 15.3 Å². The molecule has 0 radical (unpaired) electrons. The SMILES string of the molecule is OC[C@@H]1CC(O)[C@H](O)C(c2cccc(Cc3nc4ccccc4s3)c2)O1. The summed E-state index contributed by atoms with van der Waals surface area (Å²) in [7, 11) is 0. The van der Waals surface area contributed by atoms with Crippen LogP contribution in [0.25, 0.3) is 10.2 Å². The predicted octanol–water partition coefficient (Wildman–Crippen LogP) is 2.43. The summed E-state index contributed by atoms with van der Waals surface area (Å²) in [4.78, 5) is 4.67. The van der Waals surface area contributed by atoms with Gasteiger partial charge in [-0.1, -0.05) is 36.4 Å². The van der Waals surface area contributed by atoms with Crippen LogP contribution < -0.4 is 0 Å². The van der Waals surface area contributed by atoms with E-state index < -0.39 is 24.4 Å². The molecule has 5 nitrogen and oxygen atoms in total. The first-order valence-corrected chi connectivity index (χ1v) is 9.51. The van der Waals surface area contributed by atoms with Gasteiger partial charge in [-0.3, -0.25) is 0 Å². The highest BCUT2D eigenvalue weighted by Crippen LogP contribution is 2.33. The highest BCUT2D eigenvalue weighted by molar-refractivity contribution is 7.18. The summed E-state index contributed by atoms with van der Waals surface area (Å²) < 4.78 is 6.95. The molecule has 1 aliphatic heterocycles. The van der Waals surface area contributed by atoms with Gasteiger partial charge in [0.2, 0.25) is 0 Å². The van der Waals surface area contributed by atoms with Crippen LogP contribution in [0.3, 0.4) is 0 Å². The van der Waals surface area contributed by atoms with Crippen LogP contribution in [0.15, 0.2) is 48.5 Å². The summed E-state index contributed by atoms with van der Waals surface area (Å²) in [5, 5.41) is 30.7. The number of fused-ring (bicyclic) bond motifs is 1. The number of aliphatic hydroxyl groups is 3. The van der Waals surface area contributed by atoms with E-state index in [-0.39, 0.29) is 13.0 Å². The molecule has 136 valence electrons. The van der Waals surface area contributed by atoms with E-state index in [4.69, 9.17) is 4.74 Å². The summed E-state index contributed by atoms with van der Waals surface area (Å²) in [6.07, 6.45) is -2.09. The van der Waals surface area contributed by atoms with Crippen LogP contribution in [-0.2, 0) is 11.2 Å². The van der Waals surface area contributed by atoms with Gasteiger partial charge in [-0.25, -0.2) is 4.98 Å². The Kier molecular flexibility index (Phi) is 5.02. The van der Waals surface area contributed by atoms with E-state index in [0.29, 0.717) is 6.42 Å². The monoisotopic (exact) mass is 371 g/mol. The van der Waals surface area contributed by atoms with Crippen LogP contribution in [-0.4, -0.2) is 45.2 Å². The highest BCUT2D eigenvalue weighted by atomic mass is 32.1. The van der Waals surface area contributed by atoms with Crippen LogP contribution >= 0.6 is 11.3 Å². The molecule has 0 bridgehead atoms. The van der Waals surface area contributed by atoms with E-state index in [0.717, 1.165) is 21.7 Å². The number of para-hydroxylation sites is 1. The smallest absolute Gasteiger partial charge is 0.111 e. The average Bonchev–Trinajstić information content (AvgIpc) is 3.06. The molecule has 4 rings (SSSR count). The van der Waals surface area contributed by atoms with E-state index in [1.54, 1.807) is 11.3 Å². The Morgan fingerprint density at radius 3 is 2.77 bits per heavy atom. The Balaban J connectivity index is 1.57. The summed E-state index contributed by atoms with van der Waals surface area (Å²) >= 11 is 1.67. The molecule has 0 aliphatic carbocycles. The zero-order valence-electron chi connectivity index (χ0n) is 14.2. The second-order valence-corrected chi connectivity index (χ2v) is 7.77. The molecule has 2 unspecified atom stereocenters. The molecule has 0 spiro atoms. The molecular formula is C20H21NO4S. The zero-order valence-corrected chi connectivity index (χ0v) is 15.0. The first-order valence-electron chi connectivity index (χ1n) is 8.70. The molecule has 2 heterocycles. The molecule has 0 saturated carbocycles. The van der Waals surface area contributed by atoms with Crippen molar-refractivity contribution in [2.45, 2.75) is 37.3 Å². The van der Waals surface area contributed by atoms with Crippen LogP contribution in [0, 0.1) is 0 Å². The van der Waals surface area contributed by atoms with Gasteiger partial charge in [-0.2, -0.15) is 0 Å². The van der Waals surface area contributed by atoms with Crippen molar-refractivity contribution in [3.8, 4) is 0 Å². The van der Waals surface area contributed by atoms with Crippen molar-refractivity contribution in [2.24, 2.45) is 0 Å². The zero-order chi connectivity index (χ0) is 18.1. The van der Waals surface area contributed by atoms with Crippen molar-refractivity contribution in [1.29, 1.82) is 0 Å². The second kappa shape index (κ2) is 7.42. The predicted molar refractivity (Wildman–Crippen MR) is 100 cm³/mol. The number of rotatable bonds is 4. The number of thiazole rings is 1. The van der Waals surface area contributed by atoms with Gasteiger partial charge < -0.3 is 20.1 Å². The van der Waals surface area contributed by atoms with Gasteiger partial charge in [-0.05, 0) is 23.3 Å². The Morgan fingerprint density at radius 1 is 1.12 bits per heavy atom. The standard InChI is InChI=1S/C20H21NO4S/c22-11-14-10-16(23)19(24)20(25-14)13-5-3-4-12(8-13)9-18-21-15-6-1-2-7-17(15)26-18/h1-8,14,16,19-20,22-24H,9-11H2/t14-,16?,19-,20?/m0/s1. The molecule has 6 heteroatoms. The maximum atomic E-state index is 10.3. The van der Waals surface area contributed by atoms with Crippen molar-refractivity contribution in [3.63, 3.8) is 0 Å². The Morgan fingerprint density at radius 2 is 1.96 bits per heavy atom. The topological polar surface area (TPSA) is 82.8 Å². The fourth-order valence-corrected chi connectivity index (χ4v) is 4.40. The minimum Gasteiger partial charge on any atom is -0.394 e. The lowest BCUT2D eigenvalue weighted by Crippen LogP contribution is -2.44. The third-order valence-corrected chi connectivity index (χ3v) is 5.76. The lowest BCUT2D eigenvalue weighted by Gasteiger charge is -2.37. The first kappa shape index (κ1) is 17.6. The lowest BCUT2D eigenvalue weighted by atomic mass is 9.92. The normalized spacial score (nSPS) is 26.3. The Hall–Kier alpha value is -1.83. The summed E-state index contributed by atoms with van der Waals surface area (Å²) in [6.45, 7) is -0.175. The number of ether oxygens (including phenoxy) is 1. The molecule has 1 aliphatic rings. The number of aromatic nitrogens is 1. The highest BCUT2D eigenvalue weighted by Gasteiger charge is 2.37. The third kappa shape index (κ3) is 3.51. The molecule has 3 N–H and O–H groups in total. The number of hydrogen-bond acceptors (Lipinski definition) is 6. The number of aliphatic hydroxyl groups excluding tert-OH is 3. The van der Waals surface area contributed by atoms with E-state index in [1.165, 1.54) is 4.70 Å². The van der Waals surface area contributed by atoms with Gasteiger partial charge in [0.1, 0.15) is 12.2 Å². The van der Waals surface area contributed by atoms with E-state index in [2.05, 4.69) is 11.1 Å². The van der Waals surface area contributed by atoms with Crippen LogP contribution in [0.5, 0.6) is 0 Å². The van der Waals surface area contributed by atoms with E-state index >= 15 is 0 Å². The second-order valence-electron chi connectivity index (χ2n) is 6.65. The van der Waals surface area contributed by atoms with Crippen LogP contribution in [0.1, 0.15) is 28.7 Å². The molecule has 1 saturated heterocycles. The minimum atomic E-state index is -1.00. The molecular weight excluding hydrogens is 350 g/mol. The Labute approximate surface area is 155 Å². The van der Waals surface area contributed by atoms with Gasteiger partial charge in [0.05, 0.1) is 34.0 Å². The minimum absolute atomic E-state index is 0.175. The maximum Gasteiger partial charge on any atom is 0.111 e. The van der Waals surface area contributed by atoms with Crippen molar-refractivity contribution in [2.75, 3.05) is 6.61 Å².